The number of nitrogens with one attached hydrogen (secondary N) is 1. The highest BCUT2D eigenvalue weighted by Crippen LogP contribution is 2.30. The van der Waals surface area contributed by atoms with Crippen molar-refractivity contribution < 1.29 is 27.5 Å². The minimum absolute atomic E-state index is 0.0463. The van der Waals surface area contributed by atoms with Gasteiger partial charge in [0.2, 0.25) is 0 Å². The lowest BCUT2D eigenvalue weighted by Gasteiger charge is -2.22. The number of aliphatic hydroxyl groups is 1. The molecule has 0 heterocycles. The van der Waals surface area contributed by atoms with Gasteiger partial charge in [-0.05, 0) is 30.5 Å². The number of carbonyl (C=O) groups excluding carboxylic acids is 1. The lowest BCUT2D eigenvalue weighted by Crippen LogP contribution is -2.39. The van der Waals surface area contributed by atoms with Gasteiger partial charge in [-0.2, -0.15) is 13.2 Å². The predicted molar refractivity (Wildman–Crippen MR) is 69.2 cm³/mol. The number of halogens is 4. The third-order valence-electron chi connectivity index (χ3n) is 3.10. The summed E-state index contributed by atoms with van der Waals surface area (Å²) in [5.41, 5.74) is -1.74. The maximum atomic E-state index is 13.6. The van der Waals surface area contributed by atoms with Crippen LogP contribution in [0.5, 0.6) is 0 Å². The first-order valence-corrected chi connectivity index (χ1v) is 6.45. The molecule has 0 bridgehead atoms. The fourth-order valence-electron chi connectivity index (χ4n) is 1.83. The van der Waals surface area contributed by atoms with Crippen LogP contribution in [0.2, 0.25) is 0 Å². The average Bonchev–Trinajstić information content (AvgIpc) is 2.36. The Labute approximate surface area is 120 Å². The normalized spacial score (nSPS) is 13.3. The van der Waals surface area contributed by atoms with Gasteiger partial charge in [-0.1, -0.05) is 13.8 Å². The van der Waals surface area contributed by atoms with Crippen LogP contribution < -0.4 is 5.32 Å². The van der Waals surface area contributed by atoms with Gasteiger partial charge >= 0.3 is 6.18 Å². The Bertz CT molecular complexity index is 500. The fourth-order valence-corrected chi connectivity index (χ4v) is 1.83. The van der Waals surface area contributed by atoms with E-state index in [4.69, 9.17) is 5.11 Å². The van der Waals surface area contributed by atoms with E-state index in [9.17, 15) is 22.4 Å². The molecule has 0 aromatic heterocycles. The van der Waals surface area contributed by atoms with E-state index >= 15 is 0 Å². The van der Waals surface area contributed by atoms with Crippen LogP contribution in [0.4, 0.5) is 17.6 Å². The lowest BCUT2D eigenvalue weighted by atomic mass is 10.0. The molecule has 1 aromatic rings. The van der Waals surface area contributed by atoms with Gasteiger partial charge in [-0.25, -0.2) is 4.39 Å². The van der Waals surface area contributed by atoms with E-state index in [-0.39, 0.29) is 18.9 Å². The summed E-state index contributed by atoms with van der Waals surface area (Å²) in [7, 11) is 0. The van der Waals surface area contributed by atoms with Crippen molar-refractivity contribution in [3.05, 3.63) is 35.1 Å². The summed E-state index contributed by atoms with van der Waals surface area (Å²) in [6.45, 7) is 3.38. The monoisotopic (exact) mass is 307 g/mol. The zero-order valence-corrected chi connectivity index (χ0v) is 11.7. The van der Waals surface area contributed by atoms with Gasteiger partial charge < -0.3 is 10.4 Å². The summed E-state index contributed by atoms with van der Waals surface area (Å²) in [5, 5.41) is 11.3. The van der Waals surface area contributed by atoms with Crippen LogP contribution >= 0.6 is 0 Å². The van der Waals surface area contributed by atoms with Crippen LogP contribution in [-0.2, 0) is 6.18 Å². The maximum absolute atomic E-state index is 13.6. The average molecular weight is 307 g/mol. The summed E-state index contributed by atoms with van der Waals surface area (Å²) >= 11 is 0. The van der Waals surface area contributed by atoms with Crippen LogP contribution in [-0.4, -0.2) is 23.7 Å². The zero-order chi connectivity index (χ0) is 16.2. The topological polar surface area (TPSA) is 49.3 Å². The van der Waals surface area contributed by atoms with Crippen molar-refractivity contribution in [1.82, 2.24) is 5.32 Å². The van der Waals surface area contributed by atoms with Crippen molar-refractivity contribution in [2.24, 2.45) is 5.92 Å². The molecule has 21 heavy (non-hydrogen) atoms. The number of benzene rings is 1. The Morgan fingerprint density at radius 3 is 2.43 bits per heavy atom. The standard InChI is InChI=1S/C14H17F4NO2/c1-8(2)12(5-6-20)19-13(21)10-7-9(14(16,17)18)3-4-11(10)15/h3-4,7-8,12,20H,5-6H2,1-2H3,(H,19,21). The number of hydrogen-bond donors (Lipinski definition) is 2. The molecule has 0 saturated carbocycles. The molecule has 1 amide bonds. The highest BCUT2D eigenvalue weighted by molar-refractivity contribution is 5.94. The molecule has 0 saturated heterocycles. The summed E-state index contributed by atoms with van der Waals surface area (Å²) in [5.74, 6) is -1.99. The van der Waals surface area contributed by atoms with Crippen molar-refractivity contribution in [3.8, 4) is 0 Å². The molecule has 0 aliphatic carbocycles. The van der Waals surface area contributed by atoms with E-state index in [2.05, 4.69) is 5.32 Å². The molecular weight excluding hydrogens is 290 g/mol. The molecule has 1 unspecified atom stereocenters. The molecule has 3 nitrogen and oxygen atoms in total. The summed E-state index contributed by atoms with van der Waals surface area (Å²) in [6, 6.07) is 1.24. The first-order chi connectivity index (χ1) is 9.66. The number of rotatable bonds is 5. The molecule has 1 aromatic carbocycles. The largest absolute Gasteiger partial charge is 0.416 e. The second-order valence-electron chi connectivity index (χ2n) is 5.03. The van der Waals surface area contributed by atoms with Crippen molar-refractivity contribution in [2.45, 2.75) is 32.5 Å². The molecule has 2 N–H and O–H groups in total. The van der Waals surface area contributed by atoms with E-state index < -0.39 is 35.1 Å². The van der Waals surface area contributed by atoms with Gasteiger partial charge in [0.1, 0.15) is 5.82 Å². The molecule has 1 atom stereocenters. The smallest absolute Gasteiger partial charge is 0.396 e. The molecule has 0 aliphatic rings. The van der Waals surface area contributed by atoms with E-state index in [0.29, 0.717) is 18.2 Å². The van der Waals surface area contributed by atoms with Gasteiger partial charge in [0.05, 0.1) is 11.1 Å². The van der Waals surface area contributed by atoms with Crippen LogP contribution in [0.25, 0.3) is 0 Å². The number of amides is 1. The van der Waals surface area contributed by atoms with E-state index in [0.717, 1.165) is 0 Å². The highest BCUT2D eigenvalue weighted by Gasteiger charge is 2.32. The van der Waals surface area contributed by atoms with Crippen LogP contribution in [0, 0.1) is 11.7 Å². The Hall–Kier alpha value is -1.63. The van der Waals surface area contributed by atoms with E-state index in [1.165, 1.54) is 0 Å². The molecule has 118 valence electrons. The van der Waals surface area contributed by atoms with Crippen LogP contribution in [0.1, 0.15) is 36.2 Å². The van der Waals surface area contributed by atoms with Crippen LogP contribution in [0.3, 0.4) is 0 Å². The quantitative estimate of drug-likeness (QED) is 0.822. The molecule has 1 rings (SSSR count). The molecule has 7 heteroatoms. The number of carbonyl (C=O) groups is 1. The predicted octanol–water partition coefficient (Wildman–Crippen LogP) is 2.98. The molecule has 0 aliphatic heterocycles. The highest BCUT2D eigenvalue weighted by atomic mass is 19.4. The fraction of sp³-hybridized carbons (Fsp3) is 0.500. The summed E-state index contributed by atoms with van der Waals surface area (Å²) in [4.78, 5) is 11.9. The van der Waals surface area contributed by atoms with Crippen molar-refractivity contribution in [3.63, 3.8) is 0 Å². The minimum atomic E-state index is -4.65. The molecule has 0 fully saturated rings. The lowest BCUT2D eigenvalue weighted by molar-refractivity contribution is -0.137. The van der Waals surface area contributed by atoms with Gasteiger partial charge in [-0.15, -0.1) is 0 Å². The summed E-state index contributed by atoms with van der Waals surface area (Å²) < 4.78 is 51.3. The van der Waals surface area contributed by atoms with Crippen LogP contribution in [0.15, 0.2) is 18.2 Å². The SMILES string of the molecule is CC(C)C(CCO)NC(=O)c1cc(C(F)(F)F)ccc1F. The van der Waals surface area contributed by atoms with Crippen molar-refractivity contribution >= 4 is 5.91 Å². The number of alkyl halides is 3. The number of hydrogen-bond acceptors (Lipinski definition) is 2. The first kappa shape index (κ1) is 17.4. The van der Waals surface area contributed by atoms with Gasteiger partial charge in [0.25, 0.3) is 5.91 Å². The van der Waals surface area contributed by atoms with Gasteiger partial charge in [-0.3, -0.25) is 4.79 Å². The minimum Gasteiger partial charge on any atom is -0.396 e. The molecule has 0 spiro atoms. The van der Waals surface area contributed by atoms with Crippen molar-refractivity contribution in [1.29, 1.82) is 0 Å². The maximum Gasteiger partial charge on any atom is 0.416 e. The third kappa shape index (κ3) is 4.70. The Balaban J connectivity index is 3.01. The third-order valence-corrected chi connectivity index (χ3v) is 3.10. The molecular formula is C14H17F4NO2. The molecule has 0 radical (unpaired) electrons. The first-order valence-electron chi connectivity index (χ1n) is 6.45. The Morgan fingerprint density at radius 2 is 1.95 bits per heavy atom. The van der Waals surface area contributed by atoms with E-state index in [1.807, 2.05) is 0 Å². The zero-order valence-electron chi connectivity index (χ0n) is 11.7. The van der Waals surface area contributed by atoms with Gasteiger partial charge in [0, 0.05) is 12.6 Å². The summed E-state index contributed by atoms with van der Waals surface area (Å²) in [6.07, 6.45) is -4.41. The van der Waals surface area contributed by atoms with Crippen molar-refractivity contribution in [2.75, 3.05) is 6.61 Å². The Kier molecular flexibility index (Phi) is 5.71. The second kappa shape index (κ2) is 6.89. The second-order valence-corrected chi connectivity index (χ2v) is 5.03. The Morgan fingerprint density at radius 1 is 1.33 bits per heavy atom. The number of aliphatic hydroxyl groups excluding tert-OH is 1. The van der Waals surface area contributed by atoms with Gasteiger partial charge in [0.15, 0.2) is 0 Å². The van der Waals surface area contributed by atoms with E-state index in [1.54, 1.807) is 13.8 Å².